The summed E-state index contributed by atoms with van der Waals surface area (Å²) in [5.74, 6) is 0.189. The third-order valence-corrected chi connectivity index (χ3v) is 2.49. The maximum Gasteiger partial charge on any atom is 0.330 e. The molecule has 0 radical (unpaired) electrons. The van der Waals surface area contributed by atoms with E-state index in [-0.39, 0.29) is 0 Å². The van der Waals surface area contributed by atoms with E-state index >= 15 is 0 Å². The maximum atomic E-state index is 11.2. The van der Waals surface area contributed by atoms with Gasteiger partial charge in [-0.05, 0) is 25.1 Å². The summed E-state index contributed by atoms with van der Waals surface area (Å²) in [6.07, 6.45) is 2.91. The minimum absolute atomic E-state index is 0.343. The predicted octanol–water partition coefficient (Wildman–Crippen LogP) is 2.62. The summed E-state index contributed by atoms with van der Waals surface area (Å²) in [6, 6.07) is 3.52. The van der Waals surface area contributed by atoms with E-state index in [0.717, 1.165) is 4.47 Å². The van der Waals surface area contributed by atoms with Crippen molar-refractivity contribution >= 4 is 33.7 Å². The highest BCUT2D eigenvalue weighted by Crippen LogP contribution is 2.30. The molecule has 0 bridgehead atoms. The zero-order valence-corrected chi connectivity index (χ0v) is 11.3. The molecule has 5 heteroatoms. The van der Waals surface area contributed by atoms with Crippen molar-refractivity contribution < 1.29 is 14.3 Å². The van der Waals surface area contributed by atoms with Gasteiger partial charge in [0.05, 0.1) is 13.7 Å². The molecule has 1 aromatic carbocycles. The van der Waals surface area contributed by atoms with Crippen molar-refractivity contribution in [3.05, 3.63) is 28.2 Å². The van der Waals surface area contributed by atoms with Crippen molar-refractivity contribution in [1.29, 1.82) is 0 Å². The van der Waals surface area contributed by atoms with Gasteiger partial charge in [0.1, 0.15) is 5.75 Å². The Hall–Kier alpha value is -1.49. The van der Waals surface area contributed by atoms with Gasteiger partial charge in [-0.3, -0.25) is 0 Å². The summed E-state index contributed by atoms with van der Waals surface area (Å²) in [5.41, 5.74) is 7.03. The van der Waals surface area contributed by atoms with Crippen LogP contribution in [0.3, 0.4) is 0 Å². The number of nitrogen functional groups attached to an aromatic ring is 1. The average molecular weight is 300 g/mol. The van der Waals surface area contributed by atoms with Crippen LogP contribution in [0.4, 0.5) is 5.69 Å². The smallest absolute Gasteiger partial charge is 0.330 e. The lowest BCUT2D eigenvalue weighted by molar-refractivity contribution is -0.137. The highest BCUT2D eigenvalue weighted by Gasteiger charge is 2.06. The molecule has 4 nitrogen and oxygen atoms in total. The van der Waals surface area contributed by atoms with E-state index in [2.05, 4.69) is 15.9 Å². The van der Waals surface area contributed by atoms with Gasteiger partial charge in [-0.25, -0.2) is 4.79 Å². The molecule has 0 aliphatic heterocycles. The Kier molecular flexibility index (Phi) is 5.03. The van der Waals surface area contributed by atoms with Crippen LogP contribution in [0.25, 0.3) is 6.08 Å². The summed E-state index contributed by atoms with van der Waals surface area (Å²) < 4.78 is 10.8. The van der Waals surface area contributed by atoms with Crippen LogP contribution in [-0.2, 0) is 9.53 Å². The van der Waals surface area contributed by atoms with E-state index in [1.54, 1.807) is 32.2 Å². The van der Waals surface area contributed by atoms with E-state index in [4.69, 9.17) is 15.2 Å². The second-order valence-electron chi connectivity index (χ2n) is 3.20. The fourth-order valence-corrected chi connectivity index (χ4v) is 1.76. The lowest BCUT2D eigenvalue weighted by Crippen LogP contribution is -2.00. The molecule has 0 aliphatic rings. The van der Waals surface area contributed by atoms with Crippen LogP contribution in [0.2, 0.25) is 0 Å². The van der Waals surface area contributed by atoms with Gasteiger partial charge in [0.25, 0.3) is 0 Å². The monoisotopic (exact) mass is 299 g/mol. The largest absolute Gasteiger partial charge is 0.496 e. The first kappa shape index (κ1) is 13.6. The predicted molar refractivity (Wildman–Crippen MR) is 70.8 cm³/mol. The first-order chi connectivity index (χ1) is 8.08. The summed E-state index contributed by atoms with van der Waals surface area (Å²) in [5, 5.41) is 0. The quantitative estimate of drug-likeness (QED) is 0.527. The van der Waals surface area contributed by atoms with Gasteiger partial charge >= 0.3 is 5.97 Å². The Morgan fingerprint density at radius 3 is 2.82 bits per heavy atom. The molecule has 1 aromatic rings. The van der Waals surface area contributed by atoms with Crippen LogP contribution < -0.4 is 10.5 Å². The minimum Gasteiger partial charge on any atom is -0.496 e. The summed E-state index contributed by atoms with van der Waals surface area (Å²) in [6.45, 7) is 2.09. The van der Waals surface area contributed by atoms with Crippen LogP contribution in [0.1, 0.15) is 12.5 Å². The van der Waals surface area contributed by atoms with Gasteiger partial charge in [-0.2, -0.15) is 0 Å². The topological polar surface area (TPSA) is 61.5 Å². The van der Waals surface area contributed by atoms with Gasteiger partial charge in [0.2, 0.25) is 0 Å². The number of ether oxygens (including phenoxy) is 2. The number of methoxy groups -OCH3 is 1. The van der Waals surface area contributed by atoms with Crippen molar-refractivity contribution in [1.82, 2.24) is 0 Å². The molecule has 2 N–H and O–H groups in total. The van der Waals surface area contributed by atoms with Crippen LogP contribution in [0.5, 0.6) is 5.75 Å². The zero-order valence-electron chi connectivity index (χ0n) is 9.70. The number of carbonyl (C=O) groups excluding carboxylic acids is 1. The fraction of sp³-hybridized carbons (Fsp3) is 0.250. The van der Waals surface area contributed by atoms with Gasteiger partial charge < -0.3 is 15.2 Å². The zero-order chi connectivity index (χ0) is 12.8. The molecule has 0 aromatic heterocycles. The fourth-order valence-electron chi connectivity index (χ4n) is 1.30. The minimum atomic E-state index is -0.406. The third kappa shape index (κ3) is 3.78. The number of nitrogens with two attached hydrogens (primary N) is 1. The SMILES string of the molecule is CCOC(=O)/C=C/c1c(N)cc(Br)cc1OC. The molecule has 0 aliphatic carbocycles. The van der Waals surface area contributed by atoms with Gasteiger partial charge in [0.15, 0.2) is 0 Å². The Labute approximate surface area is 109 Å². The molecule has 0 heterocycles. The van der Waals surface area contributed by atoms with Crippen molar-refractivity contribution in [3.63, 3.8) is 0 Å². The molecule has 0 saturated heterocycles. The number of hydrogen-bond donors (Lipinski definition) is 1. The number of anilines is 1. The highest BCUT2D eigenvalue weighted by molar-refractivity contribution is 9.10. The highest BCUT2D eigenvalue weighted by atomic mass is 79.9. The number of benzene rings is 1. The number of esters is 1. The number of carbonyl (C=O) groups is 1. The van der Waals surface area contributed by atoms with Crippen LogP contribution in [0, 0.1) is 0 Å². The van der Waals surface area contributed by atoms with Crippen LogP contribution in [0.15, 0.2) is 22.7 Å². The lowest BCUT2D eigenvalue weighted by atomic mass is 10.1. The number of hydrogen-bond acceptors (Lipinski definition) is 4. The molecule has 0 unspecified atom stereocenters. The summed E-state index contributed by atoms with van der Waals surface area (Å²) in [7, 11) is 1.54. The molecule has 0 fully saturated rings. The Bertz CT molecular complexity index is 444. The van der Waals surface area contributed by atoms with Crippen molar-refractivity contribution in [2.24, 2.45) is 0 Å². The second-order valence-corrected chi connectivity index (χ2v) is 4.11. The Morgan fingerprint density at radius 1 is 1.53 bits per heavy atom. The Morgan fingerprint density at radius 2 is 2.24 bits per heavy atom. The standard InChI is InChI=1S/C12H14BrNO3/c1-3-17-12(15)5-4-9-10(14)6-8(13)7-11(9)16-2/h4-7H,3,14H2,1-2H3/b5-4+. The molecule has 0 spiro atoms. The Balaban J connectivity index is 3.01. The average Bonchev–Trinajstić information content (AvgIpc) is 2.27. The number of rotatable bonds is 4. The summed E-state index contributed by atoms with van der Waals surface area (Å²) >= 11 is 3.32. The normalized spacial score (nSPS) is 10.5. The summed E-state index contributed by atoms with van der Waals surface area (Å²) in [4.78, 5) is 11.2. The number of halogens is 1. The molecule has 0 amide bonds. The van der Waals surface area contributed by atoms with E-state index < -0.39 is 5.97 Å². The second kappa shape index (κ2) is 6.30. The van der Waals surface area contributed by atoms with Gasteiger partial charge in [-0.15, -0.1) is 0 Å². The van der Waals surface area contributed by atoms with Crippen LogP contribution >= 0.6 is 15.9 Å². The van der Waals surface area contributed by atoms with E-state index in [9.17, 15) is 4.79 Å². The van der Waals surface area contributed by atoms with E-state index in [0.29, 0.717) is 23.6 Å². The van der Waals surface area contributed by atoms with Gasteiger partial charge in [0, 0.05) is 21.8 Å². The van der Waals surface area contributed by atoms with Crippen molar-refractivity contribution in [3.8, 4) is 5.75 Å². The molecule has 17 heavy (non-hydrogen) atoms. The first-order valence-corrected chi connectivity index (χ1v) is 5.85. The maximum absolute atomic E-state index is 11.2. The molecule has 0 saturated carbocycles. The van der Waals surface area contributed by atoms with Crippen molar-refractivity contribution in [2.45, 2.75) is 6.92 Å². The molecule has 92 valence electrons. The van der Waals surface area contributed by atoms with Crippen LogP contribution in [-0.4, -0.2) is 19.7 Å². The molecule has 0 atom stereocenters. The molecule has 1 rings (SSSR count). The third-order valence-electron chi connectivity index (χ3n) is 2.03. The first-order valence-electron chi connectivity index (χ1n) is 5.06. The lowest BCUT2D eigenvalue weighted by Gasteiger charge is -2.08. The molecular formula is C12H14BrNO3. The van der Waals surface area contributed by atoms with E-state index in [1.165, 1.54) is 6.08 Å². The van der Waals surface area contributed by atoms with Crippen molar-refractivity contribution in [2.75, 3.05) is 19.5 Å². The molecular weight excluding hydrogens is 286 g/mol. The van der Waals surface area contributed by atoms with Gasteiger partial charge in [-0.1, -0.05) is 15.9 Å². The van der Waals surface area contributed by atoms with E-state index in [1.807, 2.05) is 0 Å².